The molecular formula is C37H39N. The summed E-state index contributed by atoms with van der Waals surface area (Å²) in [7, 11) is 0. The molecule has 0 aromatic heterocycles. The predicted molar refractivity (Wildman–Crippen MR) is 163 cm³/mol. The Morgan fingerprint density at radius 3 is 1.84 bits per heavy atom. The van der Waals surface area contributed by atoms with Crippen LogP contribution in [0.1, 0.15) is 63.4 Å². The van der Waals surface area contributed by atoms with Crippen LogP contribution >= 0.6 is 0 Å². The molecular weight excluding hydrogens is 458 g/mol. The van der Waals surface area contributed by atoms with E-state index in [1.54, 1.807) is 0 Å². The highest BCUT2D eigenvalue weighted by Crippen LogP contribution is 2.33. The molecule has 1 saturated heterocycles. The Labute approximate surface area is 229 Å². The summed E-state index contributed by atoms with van der Waals surface area (Å²) in [5.74, 6) is 0. The molecule has 0 aliphatic carbocycles. The molecule has 0 amide bonds. The van der Waals surface area contributed by atoms with E-state index in [-0.39, 0.29) is 0 Å². The fourth-order valence-electron chi connectivity index (χ4n) is 5.55. The van der Waals surface area contributed by atoms with Gasteiger partial charge in [0.1, 0.15) is 0 Å². The molecule has 5 rings (SSSR count). The number of likely N-dealkylation sites (tertiary alicyclic amines) is 1. The van der Waals surface area contributed by atoms with Gasteiger partial charge in [0.2, 0.25) is 0 Å². The van der Waals surface area contributed by atoms with Gasteiger partial charge in [0.25, 0.3) is 0 Å². The zero-order valence-corrected chi connectivity index (χ0v) is 23.2. The number of allylic oxidation sites excluding steroid dienone is 2. The van der Waals surface area contributed by atoms with E-state index in [0.717, 1.165) is 25.9 Å². The van der Waals surface area contributed by atoms with E-state index in [9.17, 15) is 0 Å². The first kappa shape index (κ1) is 25.9. The lowest BCUT2D eigenvalue weighted by Gasteiger charge is -2.36. The third-order valence-corrected chi connectivity index (χ3v) is 7.73. The second kappa shape index (κ2) is 11.8. The van der Waals surface area contributed by atoms with Crippen LogP contribution in [-0.2, 0) is 0 Å². The summed E-state index contributed by atoms with van der Waals surface area (Å²) in [6.45, 7) is 10.8. The van der Waals surface area contributed by atoms with Gasteiger partial charge in [-0.2, -0.15) is 0 Å². The minimum Gasteiger partial charge on any atom is -0.292 e. The molecule has 0 N–H and O–H groups in total. The number of nitrogens with zero attached hydrogens (tertiary/aromatic N) is 1. The highest BCUT2D eigenvalue weighted by atomic mass is 15.2. The third kappa shape index (κ3) is 6.23. The number of benzene rings is 4. The number of hydrogen-bond donors (Lipinski definition) is 0. The fraction of sp³-hybridized carbons (Fsp3) is 0.243. The van der Waals surface area contributed by atoms with Crippen molar-refractivity contribution >= 4 is 5.57 Å². The highest BCUT2D eigenvalue weighted by molar-refractivity contribution is 5.81. The maximum absolute atomic E-state index is 2.67. The lowest BCUT2D eigenvalue weighted by atomic mass is 9.91. The van der Waals surface area contributed by atoms with E-state index in [4.69, 9.17) is 0 Å². The first-order valence-electron chi connectivity index (χ1n) is 13.9. The standard InChI is InChI=1S/C37H39N/c1-27-11-16-32(17-12-27)36(34-9-5-7-29(3)25-34)20-15-31-21-23-38(24-22-31)37(33-18-13-28(2)14-19-33)35-10-6-8-30(4)26-35/h5-20,25-26,37H,21-24H2,1-4H3/b36-20-. The Balaban J connectivity index is 1.40. The van der Waals surface area contributed by atoms with E-state index in [1.807, 2.05) is 0 Å². The van der Waals surface area contributed by atoms with E-state index >= 15 is 0 Å². The van der Waals surface area contributed by atoms with Gasteiger partial charge < -0.3 is 0 Å². The Kier molecular flexibility index (Phi) is 8.05. The van der Waals surface area contributed by atoms with E-state index < -0.39 is 0 Å². The van der Waals surface area contributed by atoms with Crippen molar-refractivity contribution in [3.05, 3.63) is 159 Å². The zero-order valence-electron chi connectivity index (χ0n) is 23.2. The van der Waals surface area contributed by atoms with Gasteiger partial charge >= 0.3 is 0 Å². The minimum atomic E-state index is 0.294. The molecule has 1 heterocycles. The summed E-state index contributed by atoms with van der Waals surface area (Å²) in [6.07, 6.45) is 6.93. The molecule has 0 radical (unpaired) electrons. The molecule has 1 aliphatic heterocycles. The van der Waals surface area contributed by atoms with Crippen LogP contribution in [0.4, 0.5) is 0 Å². The van der Waals surface area contributed by atoms with Crippen LogP contribution in [0.2, 0.25) is 0 Å². The normalized spacial score (nSPS) is 15.4. The Morgan fingerprint density at radius 2 is 1.21 bits per heavy atom. The molecule has 0 spiro atoms. The first-order valence-corrected chi connectivity index (χ1v) is 13.9. The molecule has 1 aliphatic rings. The largest absolute Gasteiger partial charge is 0.292 e. The minimum absolute atomic E-state index is 0.294. The van der Waals surface area contributed by atoms with Crippen LogP contribution in [0, 0.1) is 27.7 Å². The SMILES string of the molecule is Cc1ccc(/C(=C/C=C2CCN(C(c3ccc(C)cc3)c3cccc(C)c3)CC2)c2cccc(C)c2)cc1. The van der Waals surface area contributed by atoms with Crippen molar-refractivity contribution in [1.29, 1.82) is 0 Å². The third-order valence-electron chi connectivity index (χ3n) is 7.73. The average molecular weight is 498 g/mol. The van der Waals surface area contributed by atoms with Gasteiger partial charge in [0.15, 0.2) is 0 Å². The number of rotatable bonds is 6. The Bertz CT molecular complexity index is 1430. The van der Waals surface area contributed by atoms with Gasteiger partial charge in [-0.1, -0.05) is 137 Å². The lowest BCUT2D eigenvalue weighted by molar-refractivity contribution is 0.210. The maximum Gasteiger partial charge on any atom is 0.0602 e. The second-order valence-corrected chi connectivity index (χ2v) is 10.9. The highest BCUT2D eigenvalue weighted by Gasteiger charge is 2.25. The van der Waals surface area contributed by atoms with E-state index in [2.05, 4.69) is 142 Å². The smallest absolute Gasteiger partial charge is 0.0602 e. The van der Waals surface area contributed by atoms with Gasteiger partial charge in [-0.3, -0.25) is 4.90 Å². The maximum atomic E-state index is 2.67. The van der Waals surface area contributed by atoms with Crippen LogP contribution in [0.25, 0.3) is 5.57 Å². The Hall–Kier alpha value is -3.68. The zero-order chi connectivity index (χ0) is 26.5. The van der Waals surface area contributed by atoms with E-state index in [1.165, 1.54) is 55.7 Å². The molecule has 1 unspecified atom stereocenters. The molecule has 4 aromatic rings. The van der Waals surface area contributed by atoms with Crippen LogP contribution < -0.4 is 0 Å². The fourth-order valence-corrected chi connectivity index (χ4v) is 5.55. The summed E-state index contributed by atoms with van der Waals surface area (Å²) < 4.78 is 0. The first-order chi connectivity index (χ1) is 18.5. The molecule has 1 heteroatoms. The van der Waals surface area contributed by atoms with Gasteiger partial charge in [0.05, 0.1) is 6.04 Å². The second-order valence-electron chi connectivity index (χ2n) is 10.9. The summed E-state index contributed by atoms with van der Waals surface area (Å²) in [4.78, 5) is 2.67. The van der Waals surface area contributed by atoms with Crippen LogP contribution in [0.15, 0.2) is 115 Å². The predicted octanol–water partition coefficient (Wildman–Crippen LogP) is 9.16. The van der Waals surface area contributed by atoms with Crippen molar-refractivity contribution in [3.63, 3.8) is 0 Å². The summed E-state index contributed by atoms with van der Waals surface area (Å²) >= 11 is 0. The molecule has 1 nitrogen and oxygen atoms in total. The molecule has 1 atom stereocenters. The van der Waals surface area contributed by atoms with Gasteiger partial charge in [-0.15, -0.1) is 0 Å². The molecule has 4 aromatic carbocycles. The number of piperidine rings is 1. The van der Waals surface area contributed by atoms with Crippen molar-refractivity contribution < 1.29 is 0 Å². The molecule has 38 heavy (non-hydrogen) atoms. The van der Waals surface area contributed by atoms with Crippen molar-refractivity contribution in [3.8, 4) is 0 Å². The number of hydrogen-bond acceptors (Lipinski definition) is 1. The van der Waals surface area contributed by atoms with Crippen LogP contribution in [0.3, 0.4) is 0 Å². The van der Waals surface area contributed by atoms with Gasteiger partial charge in [0, 0.05) is 13.1 Å². The van der Waals surface area contributed by atoms with Crippen molar-refractivity contribution in [2.45, 2.75) is 46.6 Å². The summed E-state index contributed by atoms with van der Waals surface area (Å²) in [6, 6.07) is 36.2. The molecule has 0 bridgehead atoms. The quantitative estimate of drug-likeness (QED) is 0.257. The average Bonchev–Trinajstić information content (AvgIpc) is 2.92. The molecule has 1 fully saturated rings. The van der Waals surface area contributed by atoms with Crippen LogP contribution in [0.5, 0.6) is 0 Å². The van der Waals surface area contributed by atoms with Gasteiger partial charge in [-0.05, 0) is 68.4 Å². The topological polar surface area (TPSA) is 3.24 Å². The Morgan fingerprint density at radius 1 is 0.605 bits per heavy atom. The van der Waals surface area contributed by atoms with Crippen molar-refractivity contribution in [1.82, 2.24) is 4.90 Å². The van der Waals surface area contributed by atoms with Gasteiger partial charge in [-0.25, -0.2) is 0 Å². The lowest BCUT2D eigenvalue weighted by Crippen LogP contribution is -2.35. The van der Waals surface area contributed by atoms with Crippen LogP contribution in [-0.4, -0.2) is 18.0 Å². The monoisotopic (exact) mass is 497 g/mol. The summed E-state index contributed by atoms with van der Waals surface area (Å²) in [5, 5.41) is 0. The van der Waals surface area contributed by atoms with Crippen molar-refractivity contribution in [2.75, 3.05) is 13.1 Å². The molecule has 0 saturated carbocycles. The molecule has 192 valence electrons. The number of aryl methyl sites for hydroxylation is 4. The van der Waals surface area contributed by atoms with Crippen molar-refractivity contribution in [2.24, 2.45) is 0 Å². The summed E-state index contributed by atoms with van der Waals surface area (Å²) in [5.41, 5.74) is 13.4. The van der Waals surface area contributed by atoms with E-state index in [0.29, 0.717) is 6.04 Å².